The van der Waals surface area contributed by atoms with Crippen LogP contribution in [0.3, 0.4) is 0 Å². The Morgan fingerprint density at radius 3 is 2.64 bits per heavy atom. The third-order valence-corrected chi connectivity index (χ3v) is 1.86. The molecule has 14 heavy (non-hydrogen) atoms. The molecule has 0 fully saturated rings. The minimum absolute atomic E-state index is 0.0929. The van der Waals surface area contributed by atoms with Crippen molar-refractivity contribution >= 4 is 6.21 Å². The third-order valence-electron chi connectivity index (χ3n) is 1.86. The molecule has 0 spiro atoms. The van der Waals surface area contributed by atoms with Crippen molar-refractivity contribution in [2.24, 2.45) is 0 Å². The minimum Gasteiger partial charge on any atom is -0.392 e. The Labute approximate surface area is 84.8 Å². The molecule has 0 aromatic heterocycles. The summed E-state index contributed by atoms with van der Waals surface area (Å²) in [6.07, 6.45) is 5.51. The molecule has 0 saturated heterocycles. The molecule has 0 heterocycles. The maximum Gasteiger partial charge on any atom is 0.167 e. The van der Waals surface area contributed by atoms with Gasteiger partial charge in [-0.3, -0.25) is 0 Å². The van der Waals surface area contributed by atoms with Gasteiger partial charge >= 0.3 is 0 Å². The highest BCUT2D eigenvalue weighted by Crippen LogP contribution is 1.98. The summed E-state index contributed by atoms with van der Waals surface area (Å²) in [6, 6.07) is 10.3. The van der Waals surface area contributed by atoms with Gasteiger partial charge in [-0.25, -0.2) is 4.58 Å². The summed E-state index contributed by atoms with van der Waals surface area (Å²) in [5.74, 6) is 0. The van der Waals surface area contributed by atoms with Crippen molar-refractivity contribution in [3.63, 3.8) is 0 Å². The summed E-state index contributed by atoms with van der Waals surface area (Å²) in [6.45, 7) is 0.978. The first-order chi connectivity index (χ1) is 6.83. The van der Waals surface area contributed by atoms with Crippen LogP contribution in [-0.4, -0.2) is 29.6 Å². The summed E-state index contributed by atoms with van der Waals surface area (Å²) < 4.78 is 2.07. The van der Waals surface area contributed by atoms with Crippen LogP contribution in [0.1, 0.15) is 5.56 Å². The van der Waals surface area contributed by atoms with Crippen molar-refractivity contribution in [2.45, 2.75) is 6.54 Å². The molecule has 1 N–H and O–H groups in total. The monoisotopic (exact) mass is 190 g/mol. The largest absolute Gasteiger partial charge is 0.392 e. The predicted octanol–water partition coefficient (Wildman–Crippen LogP) is 1.45. The number of aliphatic hydroxyl groups is 1. The van der Waals surface area contributed by atoms with E-state index in [2.05, 4.69) is 16.7 Å². The summed E-state index contributed by atoms with van der Waals surface area (Å²) in [4.78, 5) is 0. The van der Waals surface area contributed by atoms with E-state index in [4.69, 9.17) is 5.11 Å². The molecule has 0 bridgehead atoms. The molecule has 0 aliphatic rings. The molecule has 2 heteroatoms. The second-order valence-corrected chi connectivity index (χ2v) is 3.16. The summed E-state index contributed by atoms with van der Waals surface area (Å²) in [7, 11) is 2.01. The fourth-order valence-corrected chi connectivity index (χ4v) is 1.19. The highest BCUT2D eigenvalue weighted by Gasteiger charge is 1.96. The standard InChI is InChI=1S/C12H16NO/c1-13(9-5-6-10-14)11-12-7-3-2-4-8-12/h2-9,14H,10-11H2,1H3/q+1/b6-5+,13-9?. The Bertz CT molecular complexity index is 314. The SMILES string of the molecule is C[N+](=C/C=C/CO)Cc1ccccc1. The fourth-order valence-electron chi connectivity index (χ4n) is 1.19. The number of aliphatic hydroxyl groups excluding tert-OH is 1. The van der Waals surface area contributed by atoms with Gasteiger partial charge < -0.3 is 5.11 Å². The van der Waals surface area contributed by atoms with Gasteiger partial charge in [0.15, 0.2) is 12.8 Å². The van der Waals surface area contributed by atoms with Crippen molar-refractivity contribution in [1.29, 1.82) is 0 Å². The molecule has 2 nitrogen and oxygen atoms in total. The third kappa shape index (κ3) is 4.01. The number of rotatable bonds is 4. The second kappa shape index (κ2) is 6.11. The lowest BCUT2D eigenvalue weighted by Gasteiger charge is -1.96. The van der Waals surface area contributed by atoms with Crippen molar-refractivity contribution in [3.05, 3.63) is 48.0 Å². The smallest absolute Gasteiger partial charge is 0.167 e. The van der Waals surface area contributed by atoms with Gasteiger partial charge in [-0.05, 0) is 6.08 Å². The zero-order valence-electron chi connectivity index (χ0n) is 8.43. The highest BCUT2D eigenvalue weighted by atomic mass is 16.2. The summed E-state index contributed by atoms with van der Waals surface area (Å²) >= 11 is 0. The lowest BCUT2D eigenvalue weighted by Crippen LogP contribution is -2.05. The molecule has 0 atom stereocenters. The van der Waals surface area contributed by atoms with Crippen LogP contribution in [0.25, 0.3) is 0 Å². The maximum absolute atomic E-state index is 8.54. The van der Waals surface area contributed by atoms with Crippen molar-refractivity contribution in [1.82, 2.24) is 0 Å². The molecule has 1 aromatic carbocycles. The van der Waals surface area contributed by atoms with E-state index in [0.717, 1.165) is 6.54 Å². The molecule has 0 aliphatic heterocycles. The first-order valence-corrected chi connectivity index (χ1v) is 4.68. The zero-order chi connectivity index (χ0) is 10.2. The Morgan fingerprint density at radius 2 is 2.00 bits per heavy atom. The lowest BCUT2D eigenvalue weighted by molar-refractivity contribution is -0.508. The Balaban J connectivity index is 2.53. The Morgan fingerprint density at radius 1 is 1.29 bits per heavy atom. The van der Waals surface area contributed by atoms with Gasteiger partial charge in [-0.1, -0.05) is 36.4 Å². The molecule has 0 aliphatic carbocycles. The Kier molecular flexibility index (Phi) is 4.65. The van der Waals surface area contributed by atoms with Gasteiger partial charge in [0.25, 0.3) is 0 Å². The van der Waals surface area contributed by atoms with Crippen LogP contribution in [0.2, 0.25) is 0 Å². The second-order valence-electron chi connectivity index (χ2n) is 3.16. The lowest BCUT2D eigenvalue weighted by atomic mass is 10.2. The van der Waals surface area contributed by atoms with E-state index in [9.17, 15) is 0 Å². The topological polar surface area (TPSA) is 23.2 Å². The normalized spacial score (nSPS) is 12.3. The minimum atomic E-state index is 0.0929. The van der Waals surface area contributed by atoms with E-state index in [0.29, 0.717) is 0 Å². The van der Waals surface area contributed by atoms with Crippen LogP contribution in [0.15, 0.2) is 42.5 Å². The van der Waals surface area contributed by atoms with Crippen molar-refractivity contribution in [2.75, 3.05) is 13.7 Å². The molecular formula is C12H16NO+. The number of nitrogens with zero attached hydrogens (tertiary/aromatic N) is 1. The van der Waals surface area contributed by atoms with E-state index in [-0.39, 0.29) is 6.61 Å². The number of benzene rings is 1. The fraction of sp³-hybridized carbons (Fsp3) is 0.250. The first-order valence-electron chi connectivity index (χ1n) is 4.68. The highest BCUT2D eigenvalue weighted by molar-refractivity contribution is 5.65. The van der Waals surface area contributed by atoms with Crippen LogP contribution in [0.4, 0.5) is 0 Å². The molecule has 1 aromatic rings. The average Bonchev–Trinajstić information content (AvgIpc) is 2.20. The molecule has 74 valence electrons. The van der Waals surface area contributed by atoms with E-state index >= 15 is 0 Å². The average molecular weight is 190 g/mol. The zero-order valence-corrected chi connectivity index (χ0v) is 8.43. The number of hydrogen-bond donors (Lipinski definition) is 1. The molecule has 0 radical (unpaired) electrons. The van der Waals surface area contributed by atoms with Crippen molar-refractivity contribution in [3.8, 4) is 0 Å². The summed E-state index contributed by atoms with van der Waals surface area (Å²) in [5.41, 5.74) is 1.28. The predicted molar refractivity (Wildman–Crippen MR) is 58.6 cm³/mol. The molecular weight excluding hydrogens is 174 g/mol. The van der Waals surface area contributed by atoms with Crippen LogP contribution in [0.5, 0.6) is 0 Å². The van der Waals surface area contributed by atoms with Crippen LogP contribution < -0.4 is 0 Å². The first kappa shape index (κ1) is 10.7. The van der Waals surface area contributed by atoms with Crippen LogP contribution >= 0.6 is 0 Å². The molecule has 1 rings (SSSR count). The van der Waals surface area contributed by atoms with Gasteiger partial charge in [0.05, 0.1) is 6.61 Å². The van der Waals surface area contributed by atoms with Crippen LogP contribution in [-0.2, 0) is 6.54 Å². The van der Waals surface area contributed by atoms with E-state index in [1.807, 2.05) is 37.5 Å². The van der Waals surface area contributed by atoms with Crippen LogP contribution in [0, 0.1) is 0 Å². The van der Waals surface area contributed by atoms with E-state index in [1.165, 1.54) is 5.56 Å². The Hall–Kier alpha value is -1.41. The van der Waals surface area contributed by atoms with Crippen molar-refractivity contribution < 1.29 is 9.68 Å². The number of hydrogen-bond acceptors (Lipinski definition) is 1. The van der Waals surface area contributed by atoms with Gasteiger partial charge in [0, 0.05) is 5.56 Å². The molecule has 0 saturated carbocycles. The van der Waals surface area contributed by atoms with E-state index < -0.39 is 0 Å². The van der Waals surface area contributed by atoms with Gasteiger partial charge in [0.2, 0.25) is 0 Å². The summed E-state index contributed by atoms with van der Waals surface area (Å²) in [5, 5.41) is 8.54. The molecule has 0 unspecified atom stereocenters. The van der Waals surface area contributed by atoms with Gasteiger partial charge in [0.1, 0.15) is 7.05 Å². The maximum atomic E-state index is 8.54. The van der Waals surface area contributed by atoms with Gasteiger partial charge in [-0.15, -0.1) is 0 Å². The molecule has 0 amide bonds. The van der Waals surface area contributed by atoms with Gasteiger partial charge in [-0.2, -0.15) is 0 Å². The number of allylic oxidation sites excluding steroid dienone is 1. The quantitative estimate of drug-likeness (QED) is 0.563. The van der Waals surface area contributed by atoms with E-state index in [1.54, 1.807) is 6.08 Å².